The van der Waals surface area contributed by atoms with Gasteiger partial charge in [-0.05, 0) is 42.3 Å². The van der Waals surface area contributed by atoms with E-state index >= 15 is 0 Å². The number of nitro groups is 1. The number of phenols is 1. The highest BCUT2D eigenvalue weighted by Crippen LogP contribution is 2.21. The molecule has 33 heavy (non-hydrogen) atoms. The molecule has 0 unspecified atom stereocenters. The van der Waals surface area contributed by atoms with Crippen molar-refractivity contribution in [3.8, 4) is 5.75 Å². The summed E-state index contributed by atoms with van der Waals surface area (Å²) in [6.07, 6.45) is 3.49. The van der Waals surface area contributed by atoms with E-state index in [1.165, 1.54) is 42.6 Å². The van der Waals surface area contributed by atoms with Gasteiger partial charge in [0, 0.05) is 34.5 Å². The Morgan fingerprint density at radius 2 is 1.73 bits per heavy atom. The second-order valence-electron chi connectivity index (χ2n) is 6.89. The first kappa shape index (κ1) is 22.9. The van der Waals surface area contributed by atoms with Gasteiger partial charge in [0.05, 0.1) is 11.1 Å². The van der Waals surface area contributed by atoms with E-state index in [0.29, 0.717) is 23.2 Å². The summed E-state index contributed by atoms with van der Waals surface area (Å²) in [4.78, 5) is 35.2. The van der Waals surface area contributed by atoms with Gasteiger partial charge in [-0.15, -0.1) is 6.58 Å². The fraction of sp³-hybridized carbons (Fsp3) is 0.0417. The van der Waals surface area contributed by atoms with E-state index < -0.39 is 16.7 Å². The Labute approximate surface area is 189 Å². The fourth-order valence-corrected chi connectivity index (χ4v) is 2.96. The summed E-state index contributed by atoms with van der Waals surface area (Å²) in [5.41, 5.74) is 3.97. The molecule has 2 amide bonds. The standard InChI is InChI=1S/C24H20N4O5/c1-2-6-16-7-3-10-19(22(16)29)15-25-27-24(31)17-8-4-11-20(13-17)26-23(30)18-9-5-12-21(14-18)28(32)33/h2-5,7-15,29H,1,6H2,(H,26,30)(H,27,31). The van der Waals surface area contributed by atoms with Crippen molar-refractivity contribution in [3.63, 3.8) is 0 Å². The van der Waals surface area contributed by atoms with Crippen molar-refractivity contribution in [2.75, 3.05) is 5.32 Å². The number of para-hydroxylation sites is 1. The zero-order valence-electron chi connectivity index (χ0n) is 17.4. The lowest BCUT2D eigenvalue weighted by molar-refractivity contribution is -0.384. The highest BCUT2D eigenvalue weighted by atomic mass is 16.6. The highest BCUT2D eigenvalue weighted by molar-refractivity contribution is 6.05. The summed E-state index contributed by atoms with van der Waals surface area (Å²) < 4.78 is 0. The van der Waals surface area contributed by atoms with E-state index in [0.717, 1.165) is 0 Å². The predicted molar refractivity (Wildman–Crippen MR) is 125 cm³/mol. The number of hydrazone groups is 1. The van der Waals surface area contributed by atoms with Crippen LogP contribution in [-0.2, 0) is 6.42 Å². The number of nitro benzene ring substituents is 1. The minimum absolute atomic E-state index is 0.0567. The minimum Gasteiger partial charge on any atom is -0.507 e. The first-order valence-electron chi connectivity index (χ1n) is 9.80. The third-order valence-electron chi connectivity index (χ3n) is 4.59. The van der Waals surface area contributed by atoms with E-state index in [4.69, 9.17) is 0 Å². The van der Waals surface area contributed by atoms with E-state index in [1.54, 1.807) is 36.4 Å². The number of nitrogens with zero attached hydrogens (tertiary/aromatic N) is 2. The number of rotatable bonds is 8. The molecule has 0 saturated heterocycles. The van der Waals surface area contributed by atoms with Crippen molar-refractivity contribution < 1.29 is 19.6 Å². The van der Waals surface area contributed by atoms with Gasteiger partial charge in [0.1, 0.15) is 5.75 Å². The predicted octanol–water partition coefficient (Wildman–Crippen LogP) is 4.05. The van der Waals surface area contributed by atoms with Gasteiger partial charge < -0.3 is 10.4 Å². The quantitative estimate of drug-likeness (QED) is 0.209. The zero-order valence-corrected chi connectivity index (χ0v) is 17.4. The lowest BCUT2D eigenvalue weighted by Gasteiger charge is -2.07. The molecule has 3 N–H and O–H groups in total. The van der Waals surface area contributed by atoms with Crippen LogP contribution in [-0.4, -0.2) is 28.1 Å². The molecule has 0 atom stereocenters. The third-order valence-corrected chi connectivity index (χ3v) is 4.59. The lowest BCUT2D eigenvalue weighted by Crippen LogP contribution is -2.18. The fourth-order valence-electron chi connectivity index (χ4n) is 2.96. The second-order valence-corrected chi connectivity index (χ2v) is 6.89. The molecule has 3 rings (SSSR count). The molecule has 0 aliphatic heterocycles. The van der Waals surface area contributed by atoms with Gasteiger partial charge in [-0.2, -0.15) is 5.10 Å². The average molecular weight is 444 g/mol. The number of hydrogen-bond acceptors (Lipinski definition) is 6. The van der Waals surface area contributed by atoms with Crippen molar-refractivity contribution in [1.82, 2.24) is 5.43 Å². The van der Waals surface area contributed by atoms with Crippen LogP contribution in [0.25, 0.3) is 0 Å². The van der Waals surface area contributed by atoms with Gasteiger partial charge in [0.15, 0.2) is 0 Å². The normalized spacial score (nSPS) is 10.5. The van der Waals surface area contributed by atoms with Crippen LogP contribution < -0.4 is 10.7 Å². The summed E-state index contributed by atoms with van der Waals surface area (Å²) >= 11 is 0. The Hall–Kier alpha value is -4.79. The smallest absolute Gasteiger partial charge is 0.271 e. The maximum Gasteiger partial charge on any atom is 0.271 e. The molecule has 3 aromatic rings. The largest absolute Gasteiger partial charge is 0.507 e. The van der Waals surface area contributed by atoms with Crippen molar-refractivity contribution in [3.05, 3.63) is 112 Å². The maximum atomic E-state index is 12.4. The Balaban J connectivity index is 1.67. The monoisotopic (exact) mass is 444 g/mol. The SMILES string of the molecule is C=CCc1cccc(C=NNC(=O)c2cccc(NC(=O)c3cccc([N+](=O)[O-])c3)c2)c1O. The van der Waals surface area contributed by atoms with Crippen molar-refractivity contribution in [1.29, 1.82) is 0 Å². The number of carbonyl (C=O) groups excluding carboxylic acids is 2. The topological polar surface area (TPSA) is 134 Å². The van der Waals surface area contributed by atoms with Crippen molar-refractivity contribution >= 4 is 29.4 Å². The molecule has 0 bridgehead atoms. The van der Waals surface area contributed by atoms with Crippen LogP contribution in [0.5, 0.6) is 5.75 Å². The average Bonchev–Trinajstić information content (AvgIpc) is 2.81. The number of aromatic hydroxyl groups is 1. The number of carbonyl (C=O) groups is 2. The summed E-state index contributed by atoms with van der Waals surface area (Å²) in [5.74, 6) is -1.02. The number of anilines is 1. The first-order chi connectivity index (χ1) is 15.9. The number of non-ortho nitro benzene ring substituents is 1. The Kier molecular flexibility index (Phi) is 7.28. The van der Waals surface area contributed by atoms with Crippen LogP contribution in [0.15, 0.2) is 84.5 Å². The van der Waals surface area contributed by atoms with Crippen molar-refractivity contribution in [2.45, 2.75) is 6.42 Å². The molecule has 0 aromatic heterocycles. The van der Waals surface area contributed by atoms with E-state index in [9.17, 15) is 24.8 Å². The van der Waals surface area contributed by atoms with Crippen LogP contribution >= 0.6 is 0 Å². The van der Waals surface area contributed by atoms with E-state index in [1.807, 2.05) is 0 Å². The Bertz CT molecular complexity index is 1250. The third kappa shape index (κ3) is 5.88. The van der Waals surface area contributed by atoms with Gasteiger partial charge in [0.25, 0.3) is 17.5 Å². The van der Waals surface area contributed by atoms with Crippen LogP contribution in [0.1, 0.15) is 31.8 Å². The van der Waals surface area contributed by atoms with Crippen LogP contribution in [0, 0.1) is 10.1 Å². The van der Waals surface area contributed by atoms with Gasteiger partial charge >= 0.3 is 0 Å². The van der Waals surface area contributed by atoms with Crippen LogP contribution in [0.2, 0.25) is 0 Å². The molecule has 166 valence electrons. The molecule has 9 nitrogen and oxygen atoms in total. The van der Waals surface area contributed by atoms with E-state index in [-0.39, 0.29) is 22.6 Å². The molecular weight excluding hydrogens is 424 g/mol. The molecule has 0 saturated carbocycles. The van der Waals surface area contributed by atoms with Crippen LogP contribution in [0.3, 0.4) is 0 Å². The number of phenolic OH excluding ortho intramolecular Hbond substituents is 1. The molecule has 0 radical (unpaired) electrons. The van der Waals surface area contributed by atoms with Crippen molar-refractivity contribution in [2.24, 2.45) is 5.10 Å². The maximum absolute atomic E-state index is 12.4. The number of hydrogen-bond donors (Lipinski definition) is 3. The first-order valence-corrected chi connectivity index (χ1v) is 9.80. The summed E-state index contributed by atoms with van der Waals surface area (Å²) in [7, 11) is 0. The van der Waals surface area contributed by atoms with Gasteiger partial charge in [-0.25, -0.2) is 5.43 Å². The number of allylic oxidation sites excluding steroid dienone is 1. The summed E-state index contributed by atoms with van der Waals surface area (Å²) in [6, 6.07) is 16.6. The molecule has 0 fully saturated rings. The van der Waals surface area contributed by atoms with Gasteiger partial charge in [-0.3, -0.25) is 19.7 Å². The number of amides is 2. The molecular formula is C24H20N4O5. The Morgan fingerprint density at radius 3 is 2.45 bits per heavy atom. The van der Waals surface area contributed by atoms with Crippen LogP contribution in [0.4, 0.5) is 11.4 Å². The summed E-state index contributed by atoms with van der Waals surface area (Å²) in [6.45, 7) is 3.64. The van der Waals surface area contributed by atoms with E-state index in [2.05, 4.69) is 22.4 Å². The molecule has 0 heterocycles. The highest BCUT2D eigenvalue weighted by Gasteiger charge is 2.13. The molecule has 9 heteroatoms. The second kappa shape index (κ2) is 10.5. The molecule has 0 aliphatic rings. The lowest BCUT2D eigenvalue weighted by atomic mass is 10.1. The molecule has 3 aromatic carbocycles. The number of nitrogens with one attached hydrogen (secondary N) is 2. The van der Waals surface area contributed by atoms with Gasteiger partial charge in [-0.1, -0.05) is 30.3 Å². The number of benzene rings is 3. The Morgan fingerprint density at radius 1 is 1.03 bits per heavy atom. The zero-order chi connectivity index (χ0) is 23.8. The summed E-state index contributed by atoms with van der Waals surface area (Å²) in [5, 5.41) is 27.6. The molecule has 0 aliphatic carbocycles. The minimum atomic E-state index is -0.586. The van der Waals surface area contributed by atoms with Gasteiger partial charge in [0.2, 0.25) is 0 Å². The molecule has 0 spiro atoms.